The van der Waals surface area contributed by atoms with Gasteiger partial charge in [0.1, 0.15) is 0 Å². The highest BCUT2D eigenvalue weighted by molar-refractivity contribution is 5.81. The SMILES string of the molecule is CC(C)C(=O)N1CCC(C(=O)N(CCC(=O)O)Cc2ccc(F)c(F)c2)CC1. The summed E-state index contributed by atoms with van der Waals surface area (Å²) in [5, 5.41) is 8.96. The van der Waals surface area contributed by atoms with E-state index in [0.29, 0.717) is 31.5 Å². The zero-order valence-corrected chi connectivity index (χ0v) is 16.2. The number of piperidine rings is 1. The lowest BCUT2D eigenvalue weighted by atomic mass is 9.94. The number of amides is 2. The van der Waals surface area contributed by atoms with Crippen molar-refractivity contribution < 1.29 is 28.3 Å². The van der Waals surface area contributed by atoms with E-state index in [0.717, 1.165) is 12.1 Å². The monoisotopic (exact) mass is 396 g/mol. The second-order valence-corrected chi connectivity index (χ2v) is 7.41. The number of hydrogen-bond acceptors (Lipinski definition) is 3. The van der Waals surface area contributed by atoms with Gasteiger partial charge in [0.05, 0.1) is 6.42 Å². The number of rotatable bonds is 7. The van der Waals surface area contributed by atoms with Gasteiger partial charge in [0.25, 0.3) is 0 Å². The molecule has 0 unspecified atom stereocenters. The molecule has 1 fully saturated rings. The summed E-state index contributed by atoms with van der Waals surface area (Å²) in [6.45, 7) is 4.60. The number of aliphatic carboxylic acids is 1. The largest absolute Gasteiger partial charge is 0.481 e. The van der Waals surface area contributed by atoms with E-state index in [4.69, 9.17) is 5.11 Å². The average Bonchev–Trinajstić information content (AvgIpc) is 2.66. The topological polar surface area (TPSA) is 77.9 Å². The van der Waals surface area contributed by atoms with Gasteiger partial charge in [-0.3, -0.25) is 14.4 Å². The number of halogens is 2. The predicted molar refractivity (Wildman–Crippen MR) is 98.2 cm³/mol. The lowest BCUT2D eigenvalue weighted by Gasteiger charge is -2.35. The first-order valence-corrected chi connectivity index (χ1v) is 9.42. The Morgan fingerprint density at radius 1 is 1.18 bits per heavy atom. The first kappa shape index (κ1) is 21.8. The van der Waals surface area contributed by atoms with Crippen LogP contribution >= 0.6 is 0 Å². The van der Waals surface area contributed by atoms with Crippen LogP contribution in [-0.4, -0.2) is 52.3 Å². The summed E-state index contributed by atoms with van der Waals surface area (Å²) in [6, 6.07) is 3.38. The number of carboxylic acid groups (broad SMARTS) is 1. The van der Waals surface area contributed by atoms with Crippen molar-refractivity contribution in [3.8, 4) is 0 Å². The lowest BCUT2D eigenvalue weighted by Crippen LogP contribution is -2.45. The molecule has 0 bridgehead atoms. The predicted octanol–water partition coefficient (Wildman–Crippen LogP) is 2.66. The van der Waals surface area contributed by atoms with Crippen LogP contribution in [0.3, 0.4) is 0 Å². The van der Waals surface area contributed by atoms with Crippen molar-refractivity contribution in [2.45, 2.75) is 39.7 Å². The highest BCUT2D eigenvalue weighted by Gasteiger charge is 2.31. The van der Waals surface area contributed by atoms with E-state index in [1.165, 1.54) is 11.0 Å². The molecular formula is C20H26F2N2O4. The zero-order chi connectivity index (χ0) is 20.8. The van der Waals surface area contributed by atoms with Crippen LogP contribution in [0.2, 0.25) is 0 Å². The Balaban J connectivity index is 2.05. The first-order valence-electron chi connectivity index (χ1n) is 9.42. The Morgan fingerprint density at radius 2 is 1.82 bits per heavy atom. The van der Waals surface area contributed by atoms with Crippen LogP contribution in [0.4, 0.5) is 8.78 Å². The lowest BCUT2D eigenvalue weighted by molar-refractivity contribution is -0.144. The molecule has 28 heavy (non-hydrogen) atoms. The number of benzene rings is 1. The Kier molecular flexibility index (Phi) is 7.48. The molecule has 0 saturated carbocycles. The molecule has 0 spiro atoms. The van der Waals surface area contributed by atoms with Crippen LogP contribution in [0, 0.1) is 23.5 Å². The van der Waals surface area contributed by atoms with Gasteiger partial charge >= 0.3 is 5.97 Å². The number of likely N-dealkylation sites (tertiary alicyclic amines) is 1. The van der Waals surface area contributed by atoms with Crippen LogP contribution in [0.5, 0.6) is 0 Å². The molecule has 1 aromatic rings. The molecule has 6 nitrogen and oxygen atoms in total. The minimum absolute atomic E-state index is 0.00839. The van der Waals surface area contributed by atoms with Gasteiger partial charge in [-0.05, 0) is 30.5 Å². The molecule has 1 saturated heterocycles. The Bertz CT molecular complexity index is 731. The van der Waals surface area contributed by atoms with Gasteiger partial charge in [-0.25, -0.2) is 8.78 Å². The van der Waals surface area contributed by atoms with E-state index < -0.39 is 17.6 Å². The summed E-state index contributed by atoms with van der Waals surface area (Å²) in [5.74, 6) is -3.63. The van der Waals surface area contributed by atoms with Gasteiger partial charge in [0, 0.05) is 38.0 Å². The number of hydrogen-bond donors (Lipinski definition) is 1. The maximum atomic E-state index is 13.5. The quantitative estimate of drug-likeness (QED) is 0.769. The van der Waals surface area contributed by atoms with E-state index in [2.05, 4.69) is 0 Å². The second kappa shape index (κ2) is 9.61. The molecule has 1 aliphatic rings. The molecule has 0 atom stereocenters. The van der Waals surface area contributed by atoms with Gasteiger partial charge in [0.2, 0.25) is 11.8 Å². The second-order valence-electron chi connectivity index (χ2n) is 7.41. The molecule has 1 N–H and O–H groups in total. The molecule has 8 heteroatoms. The fourth-order valence-corrected chi connectivity index (χ4v) is 3.33. The van der Waals surface area contributed by atoms with Gasteiger partial charge in [0.15, 0.2) is 11.6 Å². The zero-order valence-electron chi connectivity index (χ0n) is 16.2. The summed E-state index contributed by atoms with van der Waals surface area (Å²) >= 11 is 0. The summed E-state index contributed by atoms with van der Waals surface area (Å²) in [4.78, 5) is 39.1. The van der Waals surface area contributed by atoms with Gasteiger partial charge in [-0.2, -0.15) is 0 Å². The van der Waals surface area contributed by atoms with E-state index in [1.54, 1.807) is 4.90 Å². The standard InChI is InChI=1S/C20H26F2N2O4/c1-13(2)19(27)23-8-5-15(6-9-23)20(28)24(10-7-18(25)26)12-14-3-4-16(21)17(22)11-14/h3-4,11,13,15H,5-10,12H2,1-2H3,(H,25,26). The Hall–Kier alpha value is -2.51. The Labute approximate surface area is 163 Å². The van der Waals surface area contributed by atoms with E-state index in [9.17, 15) is 23.2 Å². The van der Waals surface area contributed by atoms with Gasteiger partial charge in [-0.15, -0.1) is 0 Å². The van der Waals surface area contributed by atoms with Crippen LogP contribution in [0.1, 0.15) is 38.7 Å². The van der Waals surface area contributed by atoms with Crippen molar-refractivity contribution in [2.24, 2.45) is 11.8 Å². The molecule has 0 aliphatic carbocycles. The van der Waals surface area contributed by atoms with Crippen molar-refractivity contribution >= 4 is 17.8 Å². The van der Waals surface area contributed by atoms with Gasteiger partial charge < -0.3 is 14.9 Å². The fraction of sp³-hybridized carbons (Fsp3) is 0.550. The van der Waals surface area contributed by atoms with Crippen molar-refractivity contribution in [1.82, 2.24) is 9.80 Å². The van der Waals surface area contributed by atoms with Crippen molar-refractivity contribution in [3.05, 3.63) is 35.4 Å². The third-order valence-corrected chi connectivity index (χ3v) is 4.91. The first-order chi connectivity index (χ1) is 13.2. The normalized spacial score (nSPS) is 15.0. The van der Waals surface area contributed by atoms with E-state index in [-0.39, 0.29) is 43.2 Å². The van der Waals surface area contributed by atoms with Crippen LogP contribution in [0.25, 0.3) is 0 Å². The fourth-order valence-electron chi connectivity index (χ4n) is 3.33. The molecular weight excluding hydrogens is 370 g/mol. The van der Waals surface area contributed by atoms with Crippen LogP contribution in [-0.2, 0) is 20.9 Å². The molecule has 154 valence electrons. The molecule has 0 radical (unpaired) electrons. The molecule has 0 aromatic heterocycles. The van der Waals surface area contributed by atoms with E-state index in [1.807, 2.05) is 13.8 Å². The van der Waals surface area contributed by atoms with Crippen LogP contribution in [0.15, 0.2) is 18.2 Å². The maximum Gasteiger partial charge on any atom is 0.305 e. The minimum Gasteiger partial charge on any atom is -0.481 e. The van der Waals surface area contributed by atoms with E-state index >= 15 is 0 Å². The summed E-state index contributed by atoms with van der Waals surface area (Å²) < 4.78 is 26.6. The molecule has 2 amide bonds. The number of carbonyl (C=O) groups is 3. The van der Waals surface area contributed by atoms with Gasteiger partial charge in [-0.1, -0.05) is 19.9 Å². The Morgan fingerprint density at radius 3 is 2.36 bits per heavy atom. The third kappa shape index (κ3) is 5.74. The highest BCUT2D eigenvalue weighted by Crippen LogP contribution is 2.22. The third-order valence-electron chi connectivity index (χ3n) is 4.91. The van der Waals surface area contributed by atoms with Crippen molar-refractivity contribution in [1.29, 1.82) is 0 Å². The number of carboxylic acids is 1. The number of nitrogens with zero attached hydrogens (tertiary/aromatic N) is 2. The molecule has 1 aromatic carbocycles. The summed E-state index contributed by atoms with van der Waals surface area (Å²) in [6.07, 6.45) is 0.761. The maximum absolute atomic E-state index is 13.5. The highest BCUT2D eigenvalue weighted by atomic mass is 19.2. The molecule has 2 rings (SSSR count). The molecule has 1 aliphatic heterocycles. The minimum atomic E-state index is -1.04. The smallest absolute Gasteiger partial charge is 0.305 e. The average molecular weight is 396 g/mol. The number of carbonyl (C=O) groups excluding carboxylic acids is 2. The van der Waals surface area contributed by atoms with Crippen LogP contribution < -0.4 is 0 Å². The van der Waals surface area contributed by atoms with Crippen molar-refractivity contribution in [3.63, 3.8) is 0 Å². The summed E-state index contributed by atoms with van der Waals surface area (Å²) in [7, 11) is 0. The summed E-state index contributed by atoms with van der Waals surface area (Å²) in [5.41, 5.74) is 0.394. The van der Waals surface area contributed by atoms with Crippen molar-refractivity contribution in [2.75, 3.05) is 19.6 Å². The molecule has 1 heterocycles.